The van der Waals surface area contributed by atoms with E-state index in [4.69, 9.17) is 4.74 Å². The first-order chi connectivity index (χ1) is 8.37. The minimum Gasteiger partial charge on any atom is -0.459 e. The van der Waals surface area contributed by atoms with Crippen molar-refractivity contribution < 1.29 is 9.53 Å². The van der Waals surface area contributed by atoms with Gasteiger partial charge in [-0.05, 0) is 40.5 Å². The zero-order valence-electron chi connectivity index (χ0n) is 12.1. The number of hydrogen-bond acceptors (Lipinski definition) is 4. The molecule has 2 aliphatic rings. The van der Waals surface area contributed by atoms with Gasteiger partial charge in [-0.1, -0.05) is 0 Å². The first-order valence-corrected chi connectivity index (χ1v) is 7.08. The normalized spacial score (nSPS) is 24.9. The van der Waals surface area contributed by atoms with Crippen LogP contribution in [0.1, 0.15) is 40.5 Å². The average Bonchev–Trinajstić information content (AvgIpc) is 3.10. The molecule has 0 spiro atoms. The molecule has 0 N–H and O–H groups in total. The van der Waals surface area contributed by atoms with Gasteiger partial charge in [0.15, 0.2) is 0 Å². The van der Waals surface area contributed by atoms with Crippen molar-refractivity contribution in [3.63, 3.8) is 0 Å². The maximum absolute atomic E-state index is 12.0. The van der Waals surface area contributed by atoms with Crippen LogP contribution in [0.5, 0.6) is 0 Å². The number of ether oxygens (including phenoxy) is 1. The summed E-state index contributed by atoms with van der Waals surface area (Å²) in [6.07, 6.45) is 2.73. The van der Waals surface area contributed by atoms with Crippen molar-refractivity contribution in [2.75, 3.05) is 26.2 Å². The van der Waals surface area contributed by atoms with E-state index >= 15 is 0 Å². The Morgan fingerprint density at radius 1 is 1.17 bits per heavy atom. The van der Waals surface area contributed by atoms with Crippen LogP contribution in [0.2, 0.25) is 0 Å². The molecule has 18 heavy (non-hydrogen) atoms. The summed E-state index contributed by atoms with van der Waals surface area (Å²) in [6, 6.07) is 0.717. The monoisotopic (exact) mass is 254 g/mol. The van der Waals surface area contributed by atoms with E-state index in [2.05, 4.69) is 9.80 Å². The lowest BCUT2D eigenvalue weighted by atomic mass is 10.1. The standard InChI is InChI=1S/C14H26N2O2/c1-11(13(17)18-14(2,3)4)15-7-9-16(10-8-15)12-5-6-12/h11-12H,5-10H2,1-4H3. The molecule has 1 saturated carbocycles. The van der Waals surface area contributed by atoms with Crippen LogP contribution in [0, 0.1) is 0 Å². The van der Waals surface area contributed by atoms with Crippen LogP contribution in [0.25, 0.3) is 0 Å². The summed E-state index contributed by atoms with van der Waals surface area (Å²) < 4.78 is 5.45. The number of esters is 1. The van der Waals surface area contributed by atoms with Gasteiger partial charge in [0, 0.05) is 32.2 Å². The molecule has 1 aliphatic carbocycles. The summed E-state index contributed by atoms with van der Waals surface area (Å²) in [4.78, 5) is 16.8. The molecule has 0 radical (unpaired) electrons. The Balaban J connectivity index is 1.79. The second-order valence-electron chi connectivity index (χ2n) is 6.51. The highest BCUT2D eigenvalue weighted by Crippen LogP contribution is 2.27. The topological polar surface area (TPSA) is 32.8 Å². The second-order valence-corrected chi connectivity index (χ2v) is 6.51. The number of nitrogens with zero attached hydrogens (tertiary/aromatic N) is 2. The van der Waals surface area contributed by atoms with Gasteiger partial charge in [-0.3, -0.25) is 14.6 Å². The molecule has 0 aromatic rings. The third-order valence-corrected chi connectivity index (χ3v) is 3.71. The Bertz CT molecular complexity index is 299. The number of carbonyl (C=O) groups excluding carboxylic acids is 1. The predicted octanol–water partition coefficient (Wildman–Crippen LogP) is 1.50. The molecule has 4 heteroatoms. The molecule has 1 aliphatic heterocycles. The van der Waals surface area contributed by atoms with E-state index in [0.29, 0.717) is 0 Å². The Morgan fingerprint density at radius 2 is 1.72 bits per heavy atom. The SMILES string of the molecule is CC(C(=O)OC(C)(C)C)N1CCN(C2CC2)CC1. The van der Waals surface area contributed by atoms with Crippen LogP contribution in [-0.2, 0) is 9.53 Å². The van der Waals surface area contributed by atoms with Crippen molar-refractivity contribution >= 4 is 5.97 Å². The van der Waals surface area contributed by atoms with Gasteiger partial charge in [0.05, 0.1) is 0 Å². The lowest BCUT2D eigenvalue weighted by molar-refractivity contribution is -0.161. The van der Waals surface area contributed by atoms with Gasteiger partial charge in [0.25, 0.3) is 0 Å². The summed E-state index contributed by atoms with van der Waals surface area (Å²) in [5.41, 5.74) is -0.388. The lowest BCUT2D eigenvalue weighted by Gasteiger charge is -2.37. The Hall–Kier alpha value is -0.610. The van der Waals surface area contributed by atoms with Crippen LogP contribution in [0.15, 0.2) is 0 Å². The highest BCUT2D eigenvalue weighted by atomic mass is 16.6. The molecule has 2 fully saturated rings. The van der Waals surface area contributed by atoms with E-state index in [-0.39, 0.29) is 17.6 Å². The van der Waals surface area contributed by atoms with Gasteiger partial charge in [-0.2, -0.15) is 0 Å². The molecule has 1 heterocycles. The van der Waals surface area contributed by atoms with Crippen molar-refractivity contribution in [3.05, 3.63) is 0 Å². The Morgan fingerprint density at radius 3 is 2.17 bits per heavy atom. The van der Waals surface area contributed by atoms with Crippen molar-refractivity contribution in [3.8, 4) is 0 Å². The molecular weight excluding hydrogens is 228 g/mol. The molecule has 2 rings (SSSR count). The average molecular weight is 254 g/mol. The Kier molecular flexibility index (Phi) is 3.97. The molecule has 0 aromatic carbocycles. The van der Waals surface area contributed by atoms with Crippen molar-refractivity contribution in [1.82, 2.24) is 9.80 Å². The fourth-order valence-corrected chi connectivity index (χ4v) is 2.47. The highest BCUT2D eigenvalue weighted by molar-refractivity contribution is 5.75. The van der Waals surface area contributed by atoms with Gasteiger partial charge in [0.2, 0.25) is 0 Å². The number of piperazine rings is 1. The molecule has 0 amide bonds. The van der Waals surface area contributed by atoms with Crippen LogP contribution >= 0.6 is 0 Å². The van der Waals surface area contributed by atoms with Crippen LogP contribution in [0.4, 0.5) is 0 Å². The molecule has 104 valence electrons. The Labute approximate surface area is 110 Å². The minimum absolute atomic E-state index is 0.0950. The maximum atomic E-state index is 12.0. The summed E-state index contributed by atoms with van der Waals surface area (Å²) in [6.45, 7) is 11.9. The molecule has 0 aromatic heterocycles. The van der Waals surface area contributed by atoms with E-state index in [9.17, 15) is 4.79 Å². The summed E-state index contributed by atoms with van der Waals surface area (Å²) in [5, 5.41) is 0. The van der Waals surface area contributed by atoms with Crippen LogP contribution in [-0.4, -0.2) is 59.6 Å². The first kappa shape index (κ1) is 13.8. The number of rotatable bonds is 3. The highest BCUT2D eigenvalue weighted by Gasteiger charge is 2.34. The van der Waals surface area contributed by atoms with Crippen LogP contribution in [0.3, 0.4) is 0 Å². The first-order valence-electron chi connectivity index (χ1n) is 7.08. The predicted molar refractivity (Wildman–Crippen MR) is 71.5 cm³/mol. The van der Waals surface area contributed by atoms with Crippen molar-refractivity contribution in [2.24, 2.45) is 0 Å². The number of hydrogen-bond donors (Lipinski definition) is 0. The fourth-order valence-electron chi connectivity index (χ4n) is 2.47. The minimum atomic E-state index is -0.388. The van der Waals surface area contributed by atoms with Crippen LogP contribution < -0.4 is 0 Å². The zero-order chi connectivity index (χ0) is 13.3. The smallest absolute Gasteiger partial charge is 0.323 e. The third-order valence-electron chi connectivity index (χ3n) is 3.71. The summed E-state index contributed by atoms with van der Waals surface area (Å²) in [5.74, 6) is -0.0950. The molecule has 0 bridgehead atoms. The van der Waals surface area contributed by atoms with Crippen molar-refractivity contribution in [1.29, 1.82) is 0 Å². The van der Waals surface area contributed by atoms with Gasteiger partial charge in [-0.25, -0.2) is 0 Å². The third kappa shape index (κ3) is 3.69. The second kappa shape index (κ2) is 5.17. The van der Waals surface area contributed by atoms with E-state index in [1.807, 2.05) is 27.7 Å². The van der Waals surface area contributed by atoms with E-state index in [1.54, 1.807) is 0 Å². The van der Waals surface area contributed by atoms with E-state index < -0.39 is 0 Å². The molecule has 4 nitrogen and oxygen atoms in total. The largest absolute Gasteiger partial charge is 0.459 e. The van der Waals surface area contributed by atoms with Crippen molar-refractivity contribution in [2.45, 2.75) is 58.2 Å². The molecule has 1 unspecified atom stereocenters. The summed E-state index contributed by atoms with van der Waals surface area (Å²) >= 11 is 0. The van der Waals surface area contributed by atoms with Gasteiger partial charge in [-0.15, -0.1) is 0 Å². The summed E-state index contributed by atoms with van der Waals surface area (Å²) in [7, 11) is 0. The fraction of sp³-hybridized carbons (Fsp3) is 0.929. The van der Waals surface area contributed by atoms with Gasteiger partial charge >= 0.3 is 5.97 Å². The van der Waals surface area contributed by atoms with Gasteiger partial charge < -0.3 is 4.74 Å². The molecular formula is C14H26N2O2. The van der Waals surface area contributed by atoms with Gasteiger partial charge in [0.1, 0.15) is 11.6 Å². The van der Waals surface area contributed by atoms with E-state index in [1.165, 1.54) is 12.8 Å². The zero-order valence-corrected chi connectivity index (χ0v) is 12.1. The quantitative estimate of drug-likeness (QED) is 0.715. The van der Waals surface area contributed by atoms with E-state index in [0.717, 1.165) is 32.2 Å². The molecule has 1 atom stereocenters. The maximum Gasteiger partial charge on any atom is 0.323 e. The lowest BCUT2D eigenvalue weighted by Crippen LogP contribution is -2.53. The number of carbonyl (C=O) groups is 1. The molecule has 1 saturated heterocycles.